The van der Waals surface area contributed by atoms with Crippen LogP contribution in [0.5, 0.6) is 0 Å². The summed E-state index contributed by atoms with van der Waals surface area (Å²) in [6.45, 7) is 0. The molecule has 0 aliphatic heterocycles. The first-order valence-corrected chi connectivity index (χ1v) is 2.95. The van der Waals surface area contributed by atoms with Crippen LogP contribution in [0.2, 0.25) is 0 Å². The number of hydrogen-bond donors (Lipinski definition) is 2. The second kappa shape index (κ2) is 2.44. The Morgan fingerprint density at radius 1 is 1.38 bits per heavy atom. The molecule has 0 amide bonds. The Bertz CT molecular complexity index is 76.8. The Kier molecular flexibility index (Phi) is 1.83. The zero-order valence-corrected chi connectivity index (χ0v) is 4.84. The van der Waals surface area contributed by atoms with Crippen molar-refractivity contribution in [2.75, 3.05) is 0 Å². The number of rotatable bonds is 1. The molecule has 0 radical (unpaired) electrons. The monoisotopic (exact) mass is 116 g/mol. The van der Waals surface area contributed by atoms with Gasteiger partial charge in [0.15, 0.2) is 0 Å². The summed E-state index contributed by atoms with van der Waals surface area (Å²) >= 11 is 0. The summed E-state index contributed by atoms with van der Waals surface area (Å²) in [4.78, 5) is 4.60. The van der Waals surface area contributed by atoms with Gasteiger partial charge in [-0.1, -0.05) is 0 Å². The summed E-state index contributed by atoms with van der Waals surface area (Å²) in [7, 11) is 0. The van der Waals surface area contributed by atoms with Gasteiger partial charge in [-0.25, -0.2) is 5.90 Å². The Labute approximate surface area is 48.9 Å². The number of hydrogen-bond acceptors (Lipinski definition) is 3. The fraction of sp³-hybridized carbons (Fsp3) is 1.00. The highest BCUT2D eigenvalue weighted by molar-refractivity contribution is 4.79. The van der Waals surface area contributed by atoms with E-state index in [9.17, 15) is 0 Å². The lowest BCUT2D eigenvalue weighted by molar-refractivity contribution is 0.0481. The fourth-order valence-electron chi connectivity index (χ4n) is 1.12. The molecule has 0 spiro atoms. The lowest BCUT2D eigenvalue weighted by Gasteiger charge is -2.10. The van der Waals surface area contributed by atoms with Gasteiger partial charge in [0.25, 0.3) is 0 Å². The van der Waals surface area contributed by atoms with Crippen LogP contribution in [0.15, 0.2) is 0 Å². The van der Waals surface area contributed by atoms with Crippen molar-refractivity contribution in [3.63, 3.8) is 0 Å². The first-order valence-electron chi connectivity index (χ1n) is 2.95. The van der Waals surface area contributed by atoms with Crippen LogP contribution in [-0.2, 0) is 4.84 Å². The average Bonchev–Trinajstić information content (AvgIpc) is 2.14. The minimum atomic E-state index is 0.120. The lowest BCUT2D eigenvalue weighted by Crippen LogP contribution is -2.33. The van der Waals surface area contributed by atoms with Crippen LogP contribution in [0, 0.1) is 0 Å². The van der Waals surface area contributed by atoms with Crippen molar-refractivity contribution in [2.45, 2.75) is 31.4 Å². The molecule has 4 N–H and O–H groups in total. The molecular formula is C5H12N2O. The second-order valence-corrected chi connectivity index (χ2v) is 2.27. The van der Waals surface area contributed by atoms with E-state index in [4.69, 9.17) is 11.6 Å². The molecule has 0 aromatic heterocycles. The molecule has 48 valence electrons. The molecule has 1 fully saturated rings. The van der Waals surface area contributed by atoms with Crippen LogP contribution in [0.1, 0.15) is 19.3 Å². The molecule has 3 nitrogen and oxygen atoms in total. The van der Waals surface area contributed by atoms with Crippen molar-refractivity contribution in [3.8, 4) is 0 Å². The first kappa shape index (κ1) is 6.01. The summed E-state index contributed by atoms with van der Waals surface area (Å²) in [6, 6.07) is 0.181. The maximum Gasteiger partial charge on any atom is 0.0937 e. The molecule has 3 heteroatoms. The van der Waals surface area contributed by atoms with Crippen LogP contribution < -0.4 is 11.6 Å². The van der Waals surface area contributed by atoms with Gasteiger partial charge < -0.3 is 5.73 Å². The molecule has 8 heavy (non-hydrogen) atoms. The zero-order chi connectivity index (χ0) is 5.98. The van der Waals surface area contributed by atoms with E-state index < -0.39 is 0 Å². The summed E-state index contributed by atoms with van der Waals surface area (Å²) in [5, 5.41) is 0. The third-order valence-corrected chi connectivity index (χ3v) is 1.68. The largest absolute Gasteiger partial charge is 0.325 e. The maximum atomic E-state index is 5.58. The van der Waals surface area contributed by atoms with Crippen LogP contribution in [0.25, 0.3) is 0 Å². The molecule has 1 aliphatic carbocycles. The van der Waals surface area contributed by atoms with Crippen molar-refractivity contribution in [3.05, 3.63) is 0 Å². The van der Waals surface area contributed by atoms with Gasteiger partial charge in [0.1, 0.15) is 0 Å². The molecule has 0 unspecified atom stereocenters. The highest BCUT2D eigenvalue weighted by Crippen LogP contribution is 2.18. The minimum absolute atomic E-state index is 0.120. The van der Waals surface area contributed by atoms with Crippen molar-refractivity contribution in [1.82, 2.24) is 0 Å². The zero-order valence-electron chi connectivity index (χ0n) is 4.84. The lowest BCUT2D eigenvalue weighted by atomic mass is 10.2. The highest BCUT2D eigenvalue weighted by atomic mass is 16.6. The summed E-state index contributed by atoms with van der Waals surface area (Å²) < 4.78 is 0. The Morgan fingerprint density at radius 3 is 2.38 bits per heavy atom. The van der Waals surface area contributed by atoms with Crippen molar-refractivity contribution in [1.29, 1.82) is 0 Å². The molecular weight excluding hydrogens is 104 g/mol. The first-order chi connectivity index (χ1) is 3.84. The van der Waals surface area contributed by atoms with Gasteiger partial charge in [0.05, 0.1) is 6.10 Å². The molecule has 1 rings (SSSR count). The Balaban J connectivity index is 2.30. The van der Waals surface area contributed by atoms with Gasteiger partial charge in [0.2, 0.25) is 0 Å². The third kappa shape index (κ3) is 0.992. The topological polar surface area (TPSA) is 61.3 Å². The molecule has 1 saturated carbocycles. The van der Waals surface area contributed by atoms with Crippen molar-refractivity contribution < 1.29 is 4.84 Å². The van der Waals surface area contributed by atoms with Crippen molar-refractivity contribution in [2.24, 2.45) is 11.6 Å². The van der Waals surface area contributed by atoms with E-state index in [0.29, 0.717) is 0 Å². The Hall–Kier alpha value is -0.120. The predicted octanol–water partition coefficient (Wildman–Crippen LogP) is -0.243. The van der Waals surface area contributed by atoms with Crippen LogP contribution >= 0.6 is 0 Å². The molecule has 0 heterocycles. The number of nitrogens with two attached hydrogens (primary N) is 2. The summed E-state index contributed by atoms with van der Waals surface area (Å²) in [5.74, 6) is 4.94. The highest BCUT2D eigenvalue weighted by Gasteiger charge is 2.23. The van der Waals surface area contributed by atoms with Gasteiger partial charge >= 0.3 is 0 Å². The molecule has 2 atom stereocenters. The van der Waals surface area contributed by atoms with Crippen LogP contribution in [0.4, 0.5) is 0 Å². The van der Waals surface area contributed by atoms with Gasteiger partial charge in [-0.15, -0.1) is 0 Å². The van der Waals surface area contributed by atoms with E-state index in [2.05, 4.69) is 4.84 Å². The SMILES string of the molecule is NO[C@@H]1CCC[C@@H]1N. The van der Waals surface area contributed by atoms with E-state index in [0.717, 1.165) is 19.3 Å². The molecule has 1 aliphatic rings. The normalized spacial score (nSPS) is 38.2. The van der Waals surface area contributed by atoms with E-state index in [-0.39, 0.29) is 12.1 Å². The fourth-order valence-corrected chi connectivity index (χ4v) is 1.12. The van der Waals surface area contributed by atoms with Gasteiger partial charge in [0, 0.05) is 6.04 Å². The Morgan fingerprint density at radius 2 is 2.12 bits per heavy atom. The second-order valence-electron chi connectivity index (χ2n) is 2.27. The van der Waals surface area contributed by atoms with E-state index in [1.54, 1.807) is 0 Å². The molecule has 0 aromatic carbocycles. The quantitative estimate of drug-likeness (QED) is 0.465. The molecule has 0 aromatic rings. The smallest absolute Gasteiger partial charge is 0.0937 e. The molecule has 0 saturated heterocycles. The van der Waals surface area contributed by atoms with Crippen molar-refractivity contribution >= 4 is 0 Å². The van der Waals surface area contributed by atoms with E-state index in [1.165, 1.54) is 0 Å². The summed E-state index contributed by atoms with van der Waals surface area (Å²) in [6.07, 6.45) is 3.36. The van der Waals surface area contributed by atoms with Gasteiger partial charge in [-0.2, -0.15) is 0 Å². The minimum Gasteiger partial charge on any atom is -0.325 e. The summed E-state index contributed by atoms with van der Waals surface area (Å²) in [5.41, 5.74) is 5.58. The third-order valence-electron chi connectivity index (χ3n) is 1.68. The van der Waals surface area contributed by atoms with Crippen LogP contribution in [0.3, 0.4) is 0 Å². The predicted molar refractivity (Wildman–Crippen MR) is 30.9 cm³/mol. The van der Waals surface area contributed by atoms with Crippen LogP contribution in [-0.4, -0.2) is 12.1 Å². The van der Waals surface area contributed by atoms with E-state index >= 15 is 0 Å². The maximum absolute atomic E-state index is 5.58. The standard InChI is InChI=1S/C5H12N2O/c6-4-2-1-3-5(4)8-7/h4-5H,1-3,6-7H2/t4-,5+/m0/s1. The van der Waals surface area contributed by atoms with Gasteiger partial charge in [-0.3, -0.25) is 4.84 Å². The molecule has 0 bridgehead atoms. The van der Waals surface area contributed by atoms with E-state index in [1.807, 2.05) is 0 Å². The average molecular weight is 116 g/mol. The van der Waals surface area contributed by atoms with Gasteiger partial charge in [-0.05, 0) is 19.3 Å².